The van der Waals surface area contributed by atoms with Gasteiger partial charge in [-0.25, -0.2) is 18.0 Å². The highest BCUT2D eigenvalue weighted by molar-refractivity contribution is 5.96. The smallest absolute Gasteiger partial charge is 0.331 e. The van der Waals surface area contributed by atoms with E-state index in [2.05, 4.69) is 0 Å². The molecule has 1 atom stereocenters. The number of nitrogens with one attached hydrogen (secondary N) is 1. The fourth-order valence-electron chi connectivity index (χ4n) is 1.34. The van der Waals surface area contributed by atoms with Gasteiger partial charge < -0.3 is 10.1 Å². The fraction of sp³-hybridized carbons (Fsp3) is 0.286. The number of hydrogen-bond donors (Lipinski definition) is 1. The Balaban J connectivity index is 2.71. The Labute approximate surface area is 119 Å². The molecule has 0 saturated carbocycles. The number of carbonyl (C=O) groups is 2. The molecule has 21 heavy (non-hydrogen) atoms. The maximum atomic E-state index is 13.4. The topological polar surface area (TPSA) is 55.4 Å². The van der Waals surface area contributed by atoms with Gasteiger partial charge in [0.05, 0.1) is 5.69 Å². The lowest BCUT2D eigenvalue weighted by Gasteiger charge is -2.13. The van der Waals surface area contributed by atoms with Gasteiger partial charge >= 0.3 is 5.97 Å². The highest BCUT2D eigenvalue weighted by Crippen LogP contribution is 2.19. The zero-order valence-corrected chi connectivity index (χ0v) is 11.5. The molecule has 0 fully saturated rings. The van der Waals surface area contributed by atoms with Crippen molar-refractivity contribution in [2.75, 3.05) is 5.32 Å². The molecule has 1 aromatic rings. The first-order chi connectivity index (χ1) is 9.86. The molecule has 0 aliphatic rings. The van der Waals surface area contributed by atoms with Gasteiger partial charge in [-0.15, -0.1) is 0 Å². The minimum Gasteiger partial charge on any atom is -0.449 e. The van der Waals surface area contributed by atoms with Gasteiger partial charge in [-0.05, 0) is 25.5 Å². The van der Waals surface area contributed by atoms with Gasteiger partial charge in [0, 0.05) is 6.08 Å². The number of hydrogen-bond acceptors (Lipinski definition) is 3. The molecule has 1 rings (SSSR count). The summed E-state index contributed by atoms with van der Waals surface area (Å²) in [6.07, 6.45) is 2.10. The van der Waals surface area contributed by atoms with E-state index < -0.39 is 41.1 Å². The molecule has 0 unspecified atom stereocenters. The normalized spacial score (nSPS) is 12.2. The Hall–Kier alpha value is -2.31. The van der Waals surface area contributed by atoms with Gasteiger partial charge in [-0.1, -0.05) is 13.0 Å². The number of ether oxygens (including phenoxy) is 1. The Bertz CT molecular complexity index is 573. The monoisotopic (exact) mass is 301 g/mol. The first-order valence-electron chi connectivity index (χ1n) is 6.18. The van der Waals surface area contributed by atoms with E-state index >= 15 is 0 Å². The van der Waals surface area contributed by atoms with Gasteiger partial charge in [0.2, 0.25) is 0 Å². The molecule has 0 saturated heterocycles. The van der Waals surface area contributed by atoms with Crippen LogP contribution < -0.4 is 5.32 Å². The van der Waals surface area contributed by atoms with Crippen molar-refractivity contribution in [2.45, 2.75) is 26.4 Å². The first kappa shape index (κ1) is 16.7. The van der Waals surface area contributed by atoms with Crippen LogP contribution in [0.3, 0.4) is 0 Å². The highest BCUT2D eigenvalue weighted by Gasteiger charge is 2.20. The van der Waals surface area contributed by atoms with E-state index in [0.29, 0.717) is 12.5 Å². The fourth-order valence-corrected chi connectivity index (χ4v) is 1.34. The van der Waals surface area contributed by atoms with E-state index in [0.717, 1.165) is 12.1 Å². The van der Waals surface area contributed by atoms with E-state index in [4.69, 9.17) is 4.74 Å². The van der Waals surface area contributed by atoms with E-state index in [1.165, 1.54) is 6.92 Å². The minimum absolute atomic E-state index is 0.536. The average Bonchev–Trinajstić information content (AvgIpc) is 2.45. The number of allylic oxidation sites excluding steroid dienone is 1. The Morgan fingerprint density at radius 3 is 2.57 bits per heavy atom. The summed E-state index contributed by atoms with van der Waals surface area (Å²) in [5, 5.41) is 2.02. The van der Waals surface area contributed by atoms with E-state index in [1.807, 2.05) is 12.2 Å². The molecule has 1 amide bonds. The summed E-state index contributed by atoms with van der Waals surface area (Å²) >= 11 is 0. The van der Waals surface area contributed by atoms with Crippen molar-refractivity contribution < 1.29 is 27.5 Å². The lowest BCUT2D eigenvalue weighted by Crippen LogP contribution is -2.30. The van der Waals surface area contributed by atoms with Crippen molar-refractivity contribution in [1.29, 1.82) is 0 Å². The number of esters is 1. The highest BCUT2D eigenvalue weighted by atomic mass is 19.2. The van der Waals surface area contributed by atoms with Crippen LogP contribution in [0.1, 0.15) is 20.3 Å². The third-order valence-electron chi connectivity index (χ3n) is 2.44. The largest absolute Gasteiger partial charge is 0.449 e. The number of amides is 1. The van der Waals surface area contributed by atoms with E-state index in [-0.39, 0.29) is 0 Å². The molecule has 7 heteroatoms. The Morgan fingerprint density at radius 1 is 1.29 bits per heavy atom. The molecule has 0 aliphatic carbocycles. The molecular formula is C14H14F3NO3. The van der Waals surface area contributed by atoms with Crippen LogP contribution in [-0.4, -0.2) is 18.0 Å². The molecule has 0 heterocycles. The average molecular weight is 301 g/mol. The number of rotatable bonds is 5. The lowest BCUT2D eigenvalue weighted by atomic mass is 10.2. The van der Waals surface area contributed by atoms with E-state index in [1.54, 1.807) is 6.08 Å². The summed E-state index contributed by atoms with van der Waals surface area (Å²) in [6.45, 7) is 3.08. The quantitative estimate of drug-likeness (QED) is 0.517. The first-order valence-corrected chi connectivity index (χ1v) is 6.18. The third-order valence-corrected chi connectivity index (χ3v) is 2.44. The van der Waals surface area contributed by atoms with Gasteiger partial charge in [0.15, 0.2) is 23.6 Å². The summed E-state index contributed by atoms with van der Waals surface area (Å²) < 4.78 is 43.9. The predicted molar refractivity (Wildman–Crippen MR) is 69.9 cm³/mol. The molecule has 1 N–H and O–H groups in total. The predicted octanol–water partition coefficient (Wildman–Crippen LogP) is 2.94. The summed E-state index contributed by atoms with van der Waals surface area (Å²) in [6, 6.07) is 1.55. The second kappa shape index (κ2) is 7.47. The minimum atomic E-state index is -1.69. The van der Waals surface area contributed by atoms with Gasteiger partial charge in [0.25, 0.3) is 5.91 Å². The molecule has 0 spiro atoms. The molecule has 0 bridgehead atoms. The van der Waals surface area contributed by atoms with Crippen LogP contribution in [0.4, 0.5) is 18.9 Å². The van der Waals surface area contributed by atoms with Crippen molar-refractivity contribution in [3.05, 3.63) is 41.7 Å². The summed E-state index contributed by atoms with van der Waals surface area (Å²) in [4.78, 5) is 22.9. The second-order valence-electron chi connectivity index (χ2n) is 4.10. The molecule has 114 valence electrons. The number of carbonyl (C=O) groups excluding carboxylic acids is 2. The van der Waals surface area contributed by atoms with Crippen molar-refractivity contribution >= 4 is 17.6 Å². The van der Waals surface area contributed by atoms with Crippen molar-refractivity contribution in [2.24, 2.45) is 0 Å². The summed E-state index contributed by atoms with van der Waals surface area (Å²) in [7, 11) is 0. The van der Waals surface area contributed by atoms with Crippen LogP contribution in [0.25, 0.3) is 0 Å². The summed E-state index contributed by atoms with van der Waals surface area (Å²) in [5.74, 6) is -6.17. The maximum absolute atomic E-state index is 13.4. The molecule has 1 aromatic carbocycles. The number of anilines is 1. The van der Waals surface area contributed by atoms with Crippen LogP contribution in [-0.2, 0) is 14.3 Å². The van der Waals surface area contributed by atoms with Crippen LogP contribution in [0.5, 0.6) is 0 Å². The molecule has 4 nitrogen and oxygen atoms in total. The Morgan fingerprint density at radius 2 is 1.95 bits per heavy atom. The SMILES string of the molecule is CC/C=C/C(=O)O[C@@H](C)C(=O)Nc1ccc(F)c(F)c1F. The van der Waals surface area contributed by atoms with Crippen LogP contribution in [0, 0.1) is 17.5 Å². The Kier molecular flexibility index (Phi) is 5.95. The molecule has 0 aliphatic heterocycles. The standard InChI is InChI=1S/C14H14F3NO3/c1-3-4-5-11(19)21-8(2)14(20)18-10-7-6-9(15)12(16)13(10)17/h4-8H,3H2,1-2H3,(H,18,20)/b5-4+/t8-/m0/s1. The second-order valence-corrected chi connectivity index (χ2v) is 4.10. The zero-order chi connectivity index (χ0) is 16.0. The maximum Gasteiger partial charge on any atom is 0.331 e. The number of benzene rings is 1. The third kappa shape index (κ3) is 4.62. The van der Waals surface area contributed by atoms with Crippen molar-refractivity contribution in [3.63, 3.8) is 0 Å². The van der Waals surface area contributed by atoms with Gasteiger partial charge in [-0.3, -0.25) is 4.79 Å². The van der Waals surface area contributed by atoms with Gasteiger partial charge in [-0.2, -0.15) is 0 Å². The molecule has 0 aromatic heterocycles. The summed E-state index contributed by atoms with van der Waals surface area (Å²) in [5.41, 5.74) is -0.536. The van der Waals surface area contributed by atoms with E-state index in [9.17, 15) is 22.8 Å². The van der Waals surface area contributed by atoms with Crippen molar-refractivity contribution in [1.82, 2.24) is 0 Å². The van der Waals surface area contributed by atoms with Crippen LogP contribution >= 0.6 is 0 Å². The zero-order valence-electron chi connectivity index (χ0n) is 11.5. The van der Waals surface area contributed by atoms with Crippen molar-refractivity contribution in [3.8, 4) is 0 Å². The van der Waals surface area contributed by atoms with Crippen LogP contribution in [0.15, 0.2) is 24.3 Å². The molecule has 0 radical (unpaired) electrons. The molecular weight excluding hydrogens is 287 g/mol. The van der Waals surface area contributed by atoms with Crippen LogP contribution in [0.2, 0.25) is 0 Å². The van der Waals surface area contributed by atoms with Gasteiger partial charge in [0.1, 0.15) is 0 Å². The number of halogens is 3. The lowest BCUT2D eigenvalue weighted by molar-refractivity contribution is -0.148.